The number of hydrogen-bond acceptors (Lipinski definition) is 3. The van der Waals surface area contributed by atoms with Gasteiger partial charge in [-0.3, -0.25) is 0 Å². The van der Waals surface area contributed by atoms with Crippen LogP contribution in [0.2, 0.25) is 17.3 Å². The Morgan fingerprint density at radius 2 is 2.07 bits per heavy atom. The third-order valence-corrected chi connectivity index (χ3v) is 5.39. The molecule has 0 aromatic carbocycles. The van der Waals surface area contributed by atoms with E-state index in [0.717, 1.165) is 10.8 Å². The van der Waals surface area contributed by atoms with E-state index in [1.165, 1.54) is 6.08 Å². The molecule has 0 spiro atoms. The fraction of sp³-hybridized carbons (Fsp3) is 0.333. The van der Waals surface area contributed by atoms with Crippen LogP contribution in [0.3, 0.4) is 0 Å². The quantitative estimate of drug-likeness (QED) is 0.472. The van der Waals surface area contributed by atoms with Crippen LogP contribution in [-0.2, 0) is 0 Å². The molecule has 1 heterocycles. The van der Waals surface area contributed by atoms with Gasteiger partial charge in [-0.05, 0) is 0 Å². The second kappa shape index (κ2) is 4.00. The molecule has 0 amide bonds. The Morgan fingerprint density at radius 1 is 1.43 bits per heavy atom. The maximum absolute atomic E-state index is 10.1. The van der Waals surface area contributed by atoms with Crippen molar-refractivity contribution in [3.8, 4) is 0 Å². The topological polar surface area (TPSA) is 56.3 Å². The fourth-order valence-electron chi connectivity index (χ4n) is 0.980. The number of nitro groups is 1. The third kappa shape index (κ3) is 3.03. The van der Waals surface area contributed by atoms with E-state index in [1.54, 1.807) is 6.07 Å². The van der Waals surface area contributed by atoms with Crippen molar-refractivity contribution >= 4 is 23.9 Å². The van der Waals surface area contributed by atoms with Crippen LogP contribution in [-0.4, -0.2) is 18.2 Å². The van der Waals surface area contributed by atoms with Crippen molar-refractivity contribution in [1.29, 1.82) is 0 Å². The summed E-state index contributed by atoms with van der Waals surface area (Å²) in [5.74, 6) is 7.18. The van der Waals surface area contributed by atoms with Crippen LogP contribution in [0.15, 0.2) is 22.7 Å². The predicted octanol–water partition coefficient (Wildman–Crippen LogP) is 2.07. The first-order valence-electron chi connectivity index (χ1n) is 4.31. The van der Waals surface area contributed by atoms with E-state index in [9.17, 15) is 10.1 Å². The Balaban J connectivity index is 2.84. The molecule has 0 atom stereocenters. The van der Waals surface area contributed by atoms with Crippen molar-refractivity contribution in [1.82, 2.24) is 0 Å². The molecule has 1 rings (SSSR count). The molecule has 14 heavy (non-hydrogen) atoms. The Labute approximate surface area is 85.1 Å². The summed E-state index contributed by atoms with van der Waals surface area (Å²) in [6, 6.07) is 3.69. The van der Waals surface area contributed by atoms with Crippen molar-refractivity contribution in [2.45, 2.75) is 17.3 Å². The SMILES string of the molecule is [CH3][Ge]([CH3])([CH3])[c]1ccc(/C=C/[N+](=O)[O-])o1. The van der Waals surface area contributed by atoms with Crippen LogP contribution in [0.4, 0.5) is 0 Å². The third-order valence-electron chi connectivity index (χ3n) is 1.73. The second-order valence-electron chi connectivity index (χ2n) is 4.05. The summed E-state index contributed by atoms with van der Waals surface area (Å²) in [7, 11) is 0. The van der Waals surface area contributed by atoms with E-state index in [2.05, 4.69) is 17.3 Å². The van der Waals surface area contributed by atoms with Gasteiger partial charge in [-0.15, -0.1) is 0 Å². The normalized spacial score (nSPS) is 12.2. The molecule has 4 nitrogen and oxygen atoms in total. The Morgan fingerprint density at radius 3 is 2.50 bits per heavy atom. The summed E-state index contributed by atoms with van der Waals surface area (Å²) in [4.78, 5) is 9.57. The van der Waals surface area contributed by atoms with E-state index >= 15 is 0 Å². The Kier molecular flexibility index (Phi) is 3.15. The minimum atomic E-state index is -1.92. The molecule has 0 N–H and O–H groups in total. The van der Waals surface area contributed by atoms with Crippen molar-refractivity contribution < 1.29 is 9.34 Å². The molecule has 0 saturated heterocycles. The summed E-state index contributed by atoms with van der Waals surface area (Å²) in [6.45, 7) is 0. The van der Waals surface area contributed by atoms with Gasteiger partial charge in [0.1, 0.15) is 0 Å². The van der Waals surface area contributed by atoms with E-state index in [1.807, 2.05) is 6.07 Å². The van der Waals surface area contributed by atoms with Gasteiger partial charge < -0.3 is 0 Å². The van der Waals surface area contributed by atoms with Gasteiger partial charge in [0.15, 0.2) is 0 Å². The van der Waals surface area contributed by atoms with Gasteiger partial charge in [0.05, 0.1) is 0 Å². The average molecular weight is 256 g/mol. The number of furan rings is 1. The Bertz CT molecular complexity index is 362. The molecule has 0 aliphatic carbocycles. The first-order chi connectivity index (χ1) is 6.39. The van der Waals surface area contributed by atoms with Gasteiger partial charge in [0.25, 0.3) is 0 Å². The maximum atomic E-state index is 10.1. The molecule has 1 aromatic heterocycles. The van der Waals surface area contributed by atoms with Gasteiger partial charge in [0.2, 0.25) is 0 Å². The standard InChI is InChI=1S/C9H13GeNO3/c1-10(2,3)9-5-4-8(14-9)6-7-11(12)13/h4-7H,1-3H3/b7-6+. The van der Waals surface area contributed by atoms with Crippen LogP contribution in [0.1, 0.15) is 5.76 Å². The van der Waals surface area contributed by atoms with Gasteiger partial charge in [-0.25, -0.2) is 0 Å². The van der Waals surface area contributed by atoms with Crippen LogP contribution in [0.25, 0.3) is 6.08 Å². The molecule has 0 aliphatic heterocycles. The van der Waals surface area contributed by atoms with Crippen molar-refractivity contribution in [2.75, 3.05) is 0 Å². The zero-order valence-electron chi connectivity index (χ0n) is 8.48. The van der Waals surface area contributed by atoms with Crippen LogP contribution < -0.4 is 4.59 Å². The van der Waals surface area contributed by atoms with Crippen molar-refractivity contribution in [3.63, 3.8) is 0 Å². The number of nitrogens with zero attached hydrogens (tertiary/aromatic N) is 1. The van der Waals surface area contributed by atoms with Gasteiger partial charge in [0, 0.05) is 0 Å². The second-order valence-corrected chi connectivity index (χ2v) is 14.5. The van der Waals surface area contributed by atoms with Gasteiger partial charge >= 0.3 is 84.8 Å². The summed E-state index contributed by atoms with van der Waals surface area (Å²) >= 11 is -1.92. The molecule has 76 valence electrons. The number of hydrogen-bond donors (Lipinski definition) is 0. The van der Waals surface area contributed by atoms with E-state index in [4.69, 9.17) is 4.42 Å². The van der Waals surface area contributed by atoms with Crippen LogP contribution in [0.5, 0.6) is 0 Å². The molecule has 0 aliphatic rings. The average Bonchev–Trinajstić information content (AvgIpc) is 2.47. The first kappa shape index (κ1) is 11.0. The summed E-state index contributed by atoms with van der Waals surface area (Å²) < 4.78 is 6.50. The number of rotatable bonds is 3. The van der Waals surface area contributed by atoms with Gasteiger partial charge in [-0.1, -0.05) is 0 Å². The summed E-state index contributed by atoms with van der Waals surface area (Å²) in [5, 5.41) is 10.1. The molecular formula is C9H13GeNO3. The Hall–Kier alpha value is -1.04. The van der Waals surface area contributed by atoms with Gasteiger partial charge in [-0.2, -0.15) is 0 Å². The van der Waals surface area contributed by atoms with E-state index in [0.29, 0.717) is 5.76 Å². The molecule has 0 bridgehead atoms. The summed E-state index contributed by atoms with van der Waals surface area (Å²) in [6.07, 6.45) is 2.26. The zero-order chi connectivity index (χ0) is 10.8. The molecule has 5 heteroatoms. The molecule has 0 unspecified atom stereocenters. The monoisotopic (exact) mass is 257 g/mol. The first-order valence-corrected chi connectivity index (χ1v) is 11.7. The fourth-order valence-corrected chi connectivity index (χ4v) is 3.09. The van der Waals surface area contributed by atoms with E-state index < -0.39 is 18.2 Å². The molecule has 0 saturated carbocycles. The summed E-state index contributed by atoms with van der Waals surface area (Å²) in [5.41, 5.74) is 0. The van der Waals surface area contributed by atoms with Crippen molar-refractivity contribution in [2.24, 2.45) is 0 Å². The molecular weight excluding hydrogens is 243 g/mol. The zero-order valence-corrected chi connectivity index (χ0v) is 10.6. The van der Waals surface area contributed by atoms with Crippen LogP contribution in [0, 0.1) is 10.1 Å². The molecule has 0 fully saturated rings. The van der Waals surface area contributed by atoms with Crippen molar-refractivity contribution in [3.05, 3.63) is 34.2 Å². The minimum absolute atomic E-state index is 0.499. The van der Waals surface area contributed by atoms with Crippen LogP contribution >= 0.6 is 0 Å². The molecule has 1 aromatic rings. The predicted molar refractivity (Wildman–Crippen MR) is 57.7 cm³/mol. The van der Waals surface area contributed by atoms with E-state index in [-0.39, 0.29) is 0 Å². The molecule has 0 radical (unpaired) electrons.